The number of nitrogens with two attached hydrogens (primary N) is 2. The summed E-state index contributed by atoms with van der Waals surface area (Å²) in [6.45, 7) is 2.20. The quantitative estimate of drug-likeness (QED) is 0.468. The third-order valence-electron chi connectivity index (χ3n) is 1.90. The van der Waals surface area contributed by atoms with Crippen LogP contribution in [0.4, 0.5) is 0 Å². The molecule has 0 aromatic heterocycles. The molecule has 2 heteroatoms. The Morgan fingerprint density at radius 1 is 1.12 bits per heavy atom. The summed E-state index contributed by atoms with van der Waals surface area (Å²) >= 11 is 0. The van der Waals surface area contributed by atoms with Gasteiger partial charge in [-0.15, -0.1) is 0 Å². The van der Waals surface area contributed by atoms with Crippen LogP contribution in [0.15, 0.2) is 0 Å². The highest BCUT2D eigenvalue weighted by Crippen LogP contribution is 2.21. The van der Waals surface area contributed by atoms with Crippen LogP contribution in [-0.2, 0) is 0 Å². The zero-order valence-corrected chi connectivity index (χ0v) is 5.30. The van der Waals surface area contributed by atoms with Gasteiger partial charge in [-0.3, -0.25) is 0 Å². The molecule has 0 heterocycles. The van der Waals surface area contributed by atoms with Gasteiger partial charge in [0.1, 0.15) is 0 Å². The van der Waals surface area contributed by atoms with E-state index in [0.717, 1.165) is 18.8 Å². The summed E-state index contributed by atoms with van der Waals surface area (Å²) in [5.41, 5.74) is 11.3. The summed E-state index contributed by atoms with van der Waals surface area (Å²) in [6, 6.07) is 0.537. The Hall–Kier alpha value is -0.0800. The van der Waals surface area contributed by atoms with Crippen molar-refractivity contribution >= 4 is 0 Å². The molecule has 1 rings (SSSR count). The van der Waals surface area contributed by atoms with Crippen molar-refractivity contribution in [1.82, 2.24) is 0 Å². The van der Waals surface area contributed by atoms with Gasteiger partial charge in [0, 0.05) is 12.1 Å². The Labute approximate surface area is 50.2 Å². The zero-order chi connectivity index (χ0) is 6.15. The van der Waals surface area contributed by atoms with Crippen molar-refractivity contribution in [2.75, 3.05) is 0 Å². The van der Waals surface area contributed by atoms with Crippen molar-refractivity contribution in [3.8, 4) is 0 Å². The third-order valence-corrected chi connectivity index (χ3v) is 1.90. The molecule has 4 N–H and O–H groups in total. The highest BCUT2D eigenvalue weighted by Gasteiger charge is 2.25. The molecular weight excluding hydrogens is 100 g/mol. The Morgan fingerprint density at radius 3 is 1.62 bits per heavy atom. The fourth-order valence-corrected chi connectivity index (χ4v) is 1.38. The molecule has 2 unspecified atom stereocenters. The van der Waals surface area contributed by atoms with Gasteiger partial charge in [0.2, 0.25) is 0 Å². The van der Waals surface area contributed by atoms with E-state index < -0.39 is 0 Å². The van der Waals surface area contributed by atoms with Gasteiger partial charge in [0.25, 0.3) is 0 Å². The molecule has 0 radical (unpaired) electrons. The molecule has 2 nitrogen and oxygen atoms in total. The van der Waals surface area contributed by atoms with Crippen LogP contribution in [0.25, 0.3) is 0 Å². The van der Waals surface area contributed by atoms with Crippen LogP contribution in [-0.4, -0.2) is 12.1 Å². The van der Waals surface area contributed by atoms with Gasteiger partial charge >= 0.3 is 0 Å². The lowest BCUT2D eigenvalue weighted by Crippen LogP contribution is -2.35. The van der Waals surface area contributed by atoms with E-state index in [1.165, 1.54) is 0 Å². The Balaban J connectivity index is 2.39. The van der Waals surface area contributed by atoms with Crippen LogP contribution in [0.1, 0.15) is 19.8 Å². The van der Waals surface area contributed by atoms with E-state index in [-0.39, 0.29) is 12.1 Å². The lowest BCUT2D eigenvalue weighted by molar-refractivity contribution is 0.593. The van der Waals surface area contributed by atoms with Gasteiger partial charge in [-0.1, -0.05) is 6.92 Å². The van der Waals surface area contributed by atoms with Crippen molar-refractivity contribution in [1.29, 1.82) is 0 Å². The number of rotatable bonds is 0. The van der Waals surface area contributed by atoms with E-state index in [9.17, 15) is 0 Å². The summed E-state index contributed by atoms with van der Waals surface area (Å²) in [6.07, 6.45) is 2.22. The molecule has 0 saturated heterocycles. The summed E-state index contributed by atoms with van der Waals surface area (Å²) in [5.74, 6) is 0.750. The first-order chi connectivity index (χ1) is 3.70. The summed E-state index contributed by atoms with van der Waals surface area (Å²) in [7, 11) is 0. The van der Waals surface area contributed by atoms with Crippen LogP contribution in [0.3, 0.4) is 0 Å². The molecule has 0 aliphatic heterocycles. The van der Waals surface area contributed by atoms with E-state index in [1.54, 1.807) is 0 Å². The van der Waals surface area contributed by atoms with Gasteiger partial charge in [-0.25, -0.2) is 0 Å². The van der Waals surface area contributed by atoms with Crippen molar-refractivity contribution in [3.63, 3.8) is 0 Å². The standard InChI is InChI=1S/C6H14N2/c1-4-2-5(7)6(8)3-4/h4-6H,2-3,7-8H2,1H3. The topological polar surface area (TPSA) is 52.0 Å². The predicted molar refractivity (Wildman–Crippen MR) is 34.3 cm³/mol. The first kappa shape index (κ1) is 6.05. The van der Waals surface area contributed by atoms with E-state index in [0.29, 0.717) is 0 Å². The van der Waals surface area contributed by atoms with Gasteiger partial charge < -0.3 is 11.5 Å². The Kier molecular flexibility index (Phi) is 1.54. The minimum atomic E-state index is 0.269. The van der Waals surface area contributed by atoms with Crippen LogP contribution < -0.4 is 11.5 Å². The highest BCUT2D eigenvalue weighted by atomic mass is 14.8. The van der Waals surface area contributed by atoms with E-state index in [4.69, 9.17) is 11.5 Å². The van der Waals surface area contributed by atoms with Gasteiger partial charge in [0.15, 0.2) is 0 Å². The first-order valence-corrected chi connectivity index (χ1v) is 3.21. The largest absolute Gasteiger partial charge is 0.326 e. The van der Waals surface area contributed by atoms with Gasteiger partial charge in [-0.2, -0.15) is 0 Å². The summed E-state index contributed by atoms with van der Waals surface area (Å²) in [4.78, 5) is 0. The Morgan fingerprint density at radius 2 is 1.50 bits per heavy atom. The molecular formula is C6H14N2. The molecule has 0 spiro atoms. The molecule has 1 aliphatic carbocycles. The molecule has 48 valence electrons. The maximum absolute atomic E-state index is 5.64. The minimum Gasteiger partial charge on any atom is -0.326 e. The fourth-order valence-electron chi connectivity index (χ4n) is 1.38. The second-order valence-electron chi connectivity index (χ2n) is 2.90. The molecule has 2 atom stereocenters. The average Bonchev–Trinajstić information content (AvgIpc) is 1.85. The number of hydrogen-bond acceptors (Lipinski definition) is 2. The van der Waals surface area contributed by atoms with Crippen molar-refractivity contribution in [3.05, 3.63) is 0 Å². The zero-order valence-electron chi connectivity index (χ0n) is 5.30. The van der Waals surface area contributed by atoms with Crippen LogP contribution in [0.2, 0.25) is 0 Å². The average molecular weight is 114 g/mol. The second-order valence-corrected chi connectivity index (χ2v) is 2.90. The normalized spacial score (nSPS) is 47.6. The Bertz CT molecular complexity index is 72.6. The molecule has 0 amide bonds. The highest BCUT2D eigenvalue weighted by molar-refractivity contribution is 4.86. The molecule has 1 aliphatic rings. The molecule has 0 aromatic rings. The maximum atomic E-state index is 5.64. The summed E-state index contributed by atoms with van der Waals surface area (Å²) in [5, 5.41) is 0. The predicted octanol–water partition coefficient (Wildman–Crippen LogP) is 0.0709. The van der Waals surface area contributed by atoms with Crippen molar-refractivity contribution in [2.24, 2.45) is 17.4 Å². The molecule has 1 saturated carbocycles. The first-order valence-electron chi connectivity index (χ1n) is 3.21. The van der Waals surface area contributed by atoms with Crippen LogP contribution in [0, 0.1) is 5.92 Å². The van der Waals surface area contributed by atoms with Gasteiger partial charge in [-0.05, 0) is 18.8 Å². The minimum absolute atomic E-state index is 0.269. The van der Waals surface area contributed by atoms with E-state index in [1.807, 2.05) is 0 Å². The molecule has 8 heavy (non-hydrogen) atoms. The van der Waals surface area contributed by atoms with Crippen molar-refractivity contribution < 1.29 is 0 Å². The lowest BCUT2D eigenvalue weighted by atomic mass is 10.1. The fraction of sp³-hybridized carbons (Fsp3) is 1.00. The molecule has 1 fully saturated rings. The second kappa shape index (κ2) is 2.03. The van der Waals surface area contributed by atoms with Crippen LogP contribution in [0.5, 0.6) is 0 Å². The van der Waals surface area contributed by atoms with Crippen molar-refractivity contribution in [2.45, 2.75) is 31.8 Å². The monoisotopic (exact) mass is 114 g/mol. The van der Waals surface area contributed by atoms with Crippen LogP contribution >= 0.6 is 0 Å². The maximum Gasteiger partial charge on any atom is 0.0194 e. The van der Waals surface area contributed by atoms with E-state index in [2.05, 4.69) is 6.92 Å². The van der Waals surface area contributed by atoms with E-state index >= 15 is 0 Å². The molecule has 0 bridgehead atoms. The SMILES string of the molecule is CC1CC(N)C(N)C1. The third kappa shape index (κ3) is 1.01. The molecule has 0 aromatic carbocycles. The van der Waals surface area contributed by atoms with Gasteiger partial charge in [0.05, 0.1) is 0 Å². The lowest BCUT2D eigenvalue weighted by Gasteiger charge is -2.05. The summed E-state index contributed by atoms with van der Waals surface area (Å²) < 4.78 is 0. The smallest absolute Gasteiger partial charge is 0.0194 e. The number of hydrogen-bond donors (Lipinski definition) is 2.